The SMILES string of the molecule is CCC(C)OC(=O)c1cc(S(N)(=O)=O)cn1C1CCC1. The molecule has 2 rings (SSSR count). The Kier molecular flexibility index (Phi) is 4.19. The molecule has 7 heteroatoms. The van der Waals surface area contributed by atoms with Crippen LogP contribution in [0.3, 0.4) is 0 Å². The van der Waals surface area contributed by atoms with Crippen molar-refractivity contribution in [2.45, 2.75) is 56.6 Å². The van der Waals surface area contributed by atoms with Crippen molar-refractivity contribution >= 4 is 16.0 Å². The summed E-state index contributed by atoms with van der Waals surface area (Å²) >= 11 is 0. The number of sulfonamides is 1. The van der Waals surface area contributed by atoms with Crippen molar-refractivity contribution in [3.8, 4) is 0 Å². The summed E-state index contributed by atoms with van der Waals surface area (Å²) in [4.78, 5) is 12.1. The van der Waals surface area contributed by atoms with Crippen molar-refractivity contribution in [1.29, 1.82) is 0 Å². The van der Waals surface area contributed by atoms with Gasteiger partial charge in [-0.2, -0.15) is 0 Å². The first-order chi connectivity index (χ1) is 9.32. The van der Waals surface area contributed by atoms with Gasteiger partial charge >= 0.3 is 5.97 Å². The fraction of sp³-hybridized carbons (Fsp3) is 0.615. The molecule has 1 aromatic rings. The van der Waals surface area contributed by atoms with Gasteiger partial charge < -0.3 is 9.30 Å². The molecule has 1 saturated carbocycles. The lowest BCUT2D eigenvalue weighted by Crippen LogP contribution is -2.23. The molecule has 20 heavy (non-hydrogen) atoms. The third kappa shape index (κ3) is 3.04. The Hall–Kier alpha value is -1.34. The fourth-order valence-corrected chi connectivity index (χ4v) is 2.60. The minimum atomic E-state index is -3.82. The molecular formula is C13H20N2O4S. The quantitative estimate of drug-likeness (QED) is 0.840. The van der Waals surface area contributed by atoms with Gasteiger partial charge in [-0.15, -0.1) is 0 Å². The molecule has 0 radical (unpaired) electrons. The lowest BCUT2D eigenvalue weighted by molar-refractivity contribution is 0.0316. The first kappa shape index (κ1) is 15.1. The smallest absolute Gasteiger partial charge is 0.355 e. The second kappa shape index (κ2) is 5.57. The Morgan fingerprint density at radius 1 is 1.55 bits per heavy atom. The molecule has 0 aromatic carbocycles. The average molecular weight is 300 g/mol. The van der Waals surface area contributed by atoms with Gasteiger partial charge in [0, 0.05) is 12.2 Å². The number of aromatic nitrogens is 1. The topological polar surface area (TPSA) is 91.4 Å². The maximum Gasteiger partial charge on any atom is 0.355 e. The van der Waals surface area contributed by atoms with Crippen molar-refractivity contribution in [2.24, 2.45) is 5.14 Å². The minimum Gasteiger partial charge on any atom is -0.458 e. The normalized spacial score (nSPS) is 17.6. The molecule has 1 heterocycles. The predicted octanol–water partition coefficient (Wildman–Crippen LogP) is 1.82. The van der Waals surface area contributed by atoms with E-state index in [0.29, 0.717) is 6.42 Å². The van der Waals surface area contributed by atoms with Gasteiger partial charge in [-0.3, -0.25) is 0 Å². The Balaban J connectivity index is 2.34. The zero-order valence-electron chi connectivity index (χ0n) is 11.7. The number of rotatable bonds is 5. The van der Waals surface area contributed by atoms with Gasteiger partial charge in [0.25, 0.3) is 0 Å². The highest BCUT2D eigenvalue weighted by molar-refractivity contribution is 7.89. The van der Waals surface area contributed by atoms with E-state index >= 15 is 0 Å². The molecule has 0 saturated heterocycles. The van der Waals surface area contributed by atoms with Crippen LogP contribution in [0, 0.1) is 0 Å². The number of ether oxygens (including phenoxy) is 1. The van der Waals surface area contributed by atoms with E-state index in [-0.39, 0.29) is 22.7 Å². The van der Waals surface area contributed by atoms with Crippen LogP contribution in [0.5, 0.6) is 0 Å². The molecule has 1 aromatic heterocycles. The van der Waals surface area contributed by atoms with Gasteiger partial charge in [-0.1, -0.05) is 6.92 Å². The molecule has 6 nitrogen and oxygen atoms in total. The van der Waals surface area contributed by atoms with E-state index in [4.69, 9.17) is 9.88 Å². The third-order valence-electron chi connectivity index (χ3n) is 3.71. The number of carbonyl (C=O) groups is 1. The van der Waals surface area contributed by atoms with Crippen molar-refractivity contribution in [2.75, 3.05) is 0 Å². The molecular weight excluding hydrogens is 280 g/mol. The van der Waals surface area contributed by atoms with E-state index in [1.54, 1.807) is 11.5 Å². The molecule has 0 amide bonds. The molecule has 1 fully saturated rings. The van der Waals surface area contributed by atoms with Crippen LogP contribution >= 0.6 is 0 Å². The summed E-state index contributed by atoms with van der Waals surface area (Å²) in [5.41, 5.74) is 0.263. The molecule has 1 aliphatic rings. The number of carbonyl (C=O) groups excluding carboxylic acids is 1. The molecule has 0 spiro atoms. The standard InChI is InChI=1S/C13H20N2O4S/c1-3-9(2)19-13(16)12-7-11(20(14,17)18)8-15(12)10-5-4-6-10/h7-10H,3-6H2,1-2H3,(H2,14,17,18). The largest absolute Gasteiger partial charge is 0.458 e. The van der Waals surface area contributed by atoms with Gasteiger partial charge in [-0.05, 0) is 38.7 Å². The molecule has 1 atom stereocenters. The van der Waals surface area contributed by atoms with Crippen LogP contribution in [-0.2, 0) is 14.8 Å². The number of esters is 1. The highest BCUT2D eigenvalue weighted by Gasteiger charge is 2.28. The summed E-state index contributed by atoms with van der Waals surface area (Å²) in [6.45, 7) is 3.72. The number of nitrogens with zero attached hydrogens (tertiary/aromatic N) is 1. The Morgan fingerprint density at radius 2 is 2.20 bits per heavy atom. The average Bonchev–Trinajstić information content (AvgIpc) is 2.71. The Morgan fingerprint density at radius 3 is 2.65 bits per heavy atom. The predicted molar refractivity (Wildman–Crippen MR) is 73.9 cm³/mol. The molecule has 1 aliphatic carbocycles. The van der Waals surface area contributed by atoms with Crippen LogP contribution in [-0.4, -0.2) is 25.1 Å². The number of primary sulfonamides is 1. The highest BCUT2D eigenvalue weighted by Crippen LogP contribution is 2.34. The monoisotopic (exact) mass is 300 g/mol. The van der Waals surface area contributed by atoms with Crippen LogP contribution in [0.2, 0.25) is 0 Å². The second-order valence-electron chi connectivity index (χ2n) is 5.22. The first-order valence-corrected chi connectivity index (χ1v) is 8.33. The summed E-state index contributed by atoms with van der Waals surface area (Å²) in [6.07, 6.45) is 4.88. The maximum atomic E-state index is 12.1. The van der Waals surface area contributed by atoms with E-state index in [9.17, 15) is 13.2 Å². The summed E-state index contributed by atoms with van der Waals surface area (Å²) in [5, 5.41) is 5.13. The molecule has 0 bridgehead atoms. The van der Waals surface area contributed by atoms with Crippen molar-refractivity contribution in [3.05, 3.63) is 18.0 Å². The van der Waals surface area contributed by atoms with Crippen molar-refractivity contribution in [3.63, 3.8) is 0 Å². The van der Waals surface area contributed by atoms with Crippen LogP contribution in [0.15, 0.2) is 17.2 Å². The summed E-state index contributed by atoms with van der Waals surface area (Å²) < 4.78 is 29.8. The van der Waals surface area contributed by atoms with E-state index in [1.165, 1.54) is 12.3 Å². The van der Waals surface area contributed by atoms with E-state index in [2.05, 4.69) is 0 Å². The first-order valence-electron chi connectivity index (χ1n) is 6.78. The maximum absolute atomic E-state index is 12.1. The van der Waals surface area contributed by atoms with Gasteiger partial charge in [0.15, 0.2) is 0 Å². The van der Waals surface area contributed by atoms with Gasteiger partial charge in [0.05, 0.1) is 6.10 Å². The van der Waals surface area contributed by atoms with E-state index in [1.807, 2.05) is 6.92 Å². The molecule has 0 aliphatic heterocycles. The van der Waals surface area contributed by atoms with E-state index < -0.39 is 16.0 Å². The highest BCUT2D eigenvalue weighted by atomic mass is 32.2. The third-order valence-corrected chi connectivity index (χ3v) is 4.59. The zero-order chi connectivity index (χ0) is 14.9. The van der Waals surface area contributed by atoms with Crippen LogP contribution in [0.25, 0.3) is 0 Å². The van der Waals surface area contributed by atoms with Crippen LogP contribution in [0.4, 0.5) is 0 Å². The van der Waals surface area contributed by atoms with Gasteiger partial charge in [0.1, 0.15) is 10.6 Å². The Labute approximate surface area is 119 Å². The summed E-state index contributed by atoms with van der Waals surface area (Å²) in [6, 6.07) is 1.46. The van der Waals surface area contributed by atoms with Crippen molar-refractivity contribution < 1.29 is 17.9 Å². The second-order valence-corrected chi connectivity index (χ2v) is 6.78. The summed E-state index contributed by atoms with van der Waals surface area (Å²) in [5.74, 6) is -0.499. The molecule has 1 unspecified atom stereocenters. The molecule has 112 valence electrons. The van der Waals surface area contributed by atoms with Gasteiger partial charge in [-0.25, -0.2) is 18.4 Å². The lowest BCUT2D eigenvalue weighted by Gasteiger charge is -2.28. The fourth-order valence-electron chi connectivity index (χ4n) is 2.07. The van der Waals surface area contributed by atoms with Crippen LogP contribution < -0.4 is 5.14 Å². The minimum absolute atomic E-state index is 0.0412. The summed E-state index contributed by atoms with van der Waals surface area (Å²) in [7, 11) is -3.82. The molecule has 2 N–H and O–H groups in total. The number of hydrogen-bond donors (Lipinski definition) is 1. The number of nitrogens with two attached hydrogens (primary N) is 1. The van der Waals surface area contributed by atoms with Gasteiger partial charge in [0.2, 0.25) is 10.0 Å². The zero-order valence-corrected chi connectivity index (χ0v) is 12.5. The van der Waals surface area contributed by atoms with Crippen molar-refractivity contribution in [1.82, 2.24) is 4.57 Å². The Bertz CT molecular complexity index is 602. The number of hydrogen-bond acceptors (Lipinski definition) is 4. The lowest BCUT2D eigenvalue weighted by atomic mass is 9.93. The van der Waals surface area contributed by atoms with Crippen LogP contribution in [0.1, 0.15) is 56.1 Å². The van der Waals surface area contributed by atoms with E-state index in [0.717, 1.165) is 19.3 Å².